The topological polar surface area (TPSA) is 89.6 Å². The third kappa shape index (κ3) is 2.26. The molecule has 8 nitrogen and oxygen atoms in total. The second kappa shape index (κ2) is 5.77. The van der Waals surface area contributed by atoms with Gasteiger partial charge in [0, 0.05) is 42.8 Å². The van der Waals surface area contributed by atoms with Crippen LogP contribution in [0.25, 0.3) is 22.1 Å². The van der Waals surface area contributed by atoms with E-state index in [4.69, 9.17) is 11.6 Å². The van der Waals surface area contributed by atoms with Crippen LogP contribution in [0.15, 0.2) is 33.9 Å². The fourth-order valence-corrected chi connectivity index (χ4v) is 3.47. The molecular formula is C17H17ClN6O2. The molecule has 4 rings (SSSR count). The fraction of sp³-hybridized carbons (Fsp3) is 0.235. The first kappa shape index (κ1) is 16.5. The number of aromatic amines is 1. The van der Waals surface area contributed by atoms with E-state index >= 15 is 0 Å². The predicted molar refractivity (Wildman–Crippen MR) is 102 cm³/mol. The summed E-state index contributed by atoms with van der Waals surface area (Å²) in [5.74, 6) is 0.516. The first-order valence-electron chi connectivity index (χ1n) is 8.02. The quantitative estimate of drug-likeness (QED) is 0.572. The monoisotopic (exact) mass is 372 g/mol. The van der Waals surface area contributed by atoms with Gasteiger partial charge in [-0.3, -0.25) is 13.9 Å². The Balaban J connectivity index is 1.93. The molecule has 0 saturated carbocycles. The standard InChI is InChI=1S/C17H17ClN6O2/c1-19-16-21-14-13(22(16)2)15(25)24(17(26)23(14)3)8-9-7-10-11(18)5-4-6-12(10)20-9/h4-7,20H,8H2,1-3H3,(H,19,21). The number of imidazole rings is 1. The average Bonchev–Trinajstić information content (AvgIpc) is 3.18. The van der Waals surface area contributed by atoms with Crippen molar-refractivity contribution in [1.82, 2.24) is 23.7 Å². The van der Waals surface area contributed by atoms with Crippen LogP contribution in [0.2, 0.25) is 5.02 Å². The Morgan fingerprint density at radius 1 is 1.23 bits per heavy atom. The molecule has 0 aliphatic carbocycles. The highest BCUT2D eigenvalue weighted by atomic mass is 35.5. The van der Waals surface area contributed by atoms with Crippen LogP contribution < -0.4 is 16.6 Å². The number of fused-ring (bicyclic) bond motifs is 2. The zero-order valence-electron chi connectivity index (χ0n) is 14.5. The molecule has 0 unspecified atom stereocenters. The van der Waals surface area contributed by atoms with E-state index in [0.717, 1.165) is 16.6 Å². The normalized spacial score (nSPS) is 11.5. The van der Waals surface area contributed by atoms with E-state index in [1.807, 2.05) is 18.2 Å². The molecular weight excluding hydrogens is 356 g/mol. The Labute approximate surface area is 152 Å². The fourth-order valence-electron chi connectivity index (χ4n) is 3.24. The van der Waals surface area contributed by atoms with E-state index in [0.29, 0.717) is 22.1 Å². The zero-order valence-corrected chi connectivity index (χ0v) is 15.3. The predicted octanol–water partition coefficient (Wildman–Crippen LogP) is 1.66. The summed E-state index contributed by atoms with van der Waals surface area (Å²) in [5, 5.41) is 4.39. The Hall–Kier alpha value is -3.00. The van der Waals surface area contributed by atoms with E-state index in [1.54, 1.807) is 31.8 Å². The van der Waals surface area contributed by atoms with Crippen molar-refractivity contribution in [3.05, 3.63) is 55.8 Å². The van der Waals surface area contributed by atoms with Crippen molar-refractivity contribution in [3.63, 3.8) is 0 Å². The number of hydrogen-bond acceptors (Lipinski definition) is 4. The van der Waals surface area contributed by atoms with E-state index in [1.165, 1.54) is 9.13 Å². The lowest BCUT2D eigenvalue weighted by Crippen LogP contribution is -2.39. The number of benzene rings is 1. The van der Waals surface area contributed by atoms with Crippen LogP contribution in [-0.4, -0.2) is 30.7 Å². The molecule has 0 atom stereocenters. The number of anilines is 1. The molecule has 1 aromatic carbocycles. The molecule has 0 bridgehead atoms. The van der Waals surface area contributed by atoms with Gasteiger partial charge in [-0.05, 0) is 18.2 Å². The molecule has 0 saturated heterocycles. The Bertz CT molecular complexity index is 1280. The Morgan fingerprint density at radius 3 is 2.69 bits per heavy atom. The third-order valence-corrected chi connectivity index (χ3v) is 4.91. The zero-order chi connectivity index (χ0) is 18.6. The molecule has 26 heavy (non-hydrogen) atoms. The lowest BCUT2D eigenvalue weighted by molar-refractivity contribution is 0.648. The van der Waals surface area contributed by atoms with Gasteiger partial charge in [0.05, 0.1) is 6.54 Å². The van der Waals surface area contributed by atoms with Crippen molar-refractivity contribution in [2.24, 2.45) is 14.1 Å². The number of rotatable bonds is 3. The van der Waals surface area contributed by atoms with E-state index < -0.39 is 5.69 Å². The van der Waals surface area contributed by atoms with Crippen LogP contribution in [0, 0.1) is 0 Å². The first-order valence-corrected chi connectivity index (χ1v) is 8.40. The van der Waals surface area contributed by atoms with Crippen molar-refractivity contribution >= 4 is 39.6 Å². The summed E-state index contributed by atoms with van der Waals surface area (Å²) in [5.41, 5.74) is 1.49. The summed E-state index contributed by atoms with van der Waals surface area (Å²) in [6.45, 7) is 0.118. The van der Waals surface area contributed by atoms with Crippen LogP contribution in [0.1, 0.15) is 5.69 Å². The number of aromatic nitrogens is 5. The van der Waals surface area contributed by atoms with Gasteiger partial charge in [-0.15, -0.1) is 0 Å². The molecule has 134 valence electrons. The van der Waals surface area contributed by atoms with Gasteiger partial charge in [-0.1, -0.05) is 17.7 Å². The number of nitrogens with zero attached hydrogens (tertiary/aromatic N) is 4. The minimum atomic E-state index is -0.423. The number of aryl methyl sites for hydroxylation is 2. The smallest absolute Gasteiger partial charge is 0.332 e. The number of halogens is 1. The molecule has 0 amide bonds. The van der Waals surface area contributed by atoms with Crippen LogP contribution in [0.3, 0.4) is 0 Å². The van der Waals surface area contributed by atoms with Crippen molar-refractivity contribution in [3.8, 4) is 0 Å². The van der Waals surface area contributed by atoms with Gasteiger partial charge in [0.1, 0.15) is 0 Å². The average molecular weight is 373 g/mol. The number of nitrogens with one attached hydrogen (secondary N) is 2. The van der Waals surface area contributed by atoms with Gasteiger partial charge in [0.2, 0.25) is 5.95 Å². The molecule has 9 heteroatoms. The summed E-state index contributed by atoms with van der Waals surface area (Å²) in [4.78, 5) is 33.2. The maximum atomic E-state index is 13.0. The van der Waals surface area contributed by atoms with E-state index in [9.17, 15) is 9.59 Å². The second-order valence-corrected chi connectivity index (χ2v) is 6.55. The van der Waals surface area contributed by atoms with Crippen LogP contribution in [0.5, 0.6) is 0 Å². The molecule has 0 fully saturated rings. The molecule has 0 spiro atoms. The summed E-state index contributed by atoms with van der Waals surface area (Å²) in [6.07, 6.45) is 0. The Morgan fingerprint density at radius 2 is 2.00 bits per heavy atom. The largest absolute Gasteiger partial charge is 0.359 e. The molecule has 4 aromatic rings. The first-order chi connectivity index (χ1) is 12.4. The molecule has 0 radical (unpaired) electrons. The van der Waals surface area contributed by atoms with Crippen LogP contribution >= 0.6 is 11.6 Å². The van der Waals surface area contributed by atoms with Crippen molar-refractivity contribution in [2.45, 2.75) is 6.54 Å². The minimum Gasteiger partial charge on any atom is -0.359 e. The van der Waals surface area contributed by atoms with E-state index in [2.05, 4.69) is 15.3 Å². The summed E-state index contributed by atoms with van der Waals surface area (Å²) in [7, 11) is 5.06. The Kier molecular flexibility index (Phi) is 3.66. The maximum absolute atomic E-state index is 13.0. The summed E-state index contributed by atoms with van der Waals surface area (Å²) < 4.78 is 4.23. The molecule has 3 aromatic heterocycles. The van der Waals surface area contributed by atoms with Crippen molar-refractivity contribution < 1.29 is 0 Å². The van der Waals surface area contributed by atoms with Crippen molar-refractivity contribution in [1.29, 1.82) is 0 Å². The SMILES string of the molecule is CNc1nc2c(c(=O)n(Cc3cc4c(Cl)cccc4[nH]3)c(=O)n2C)n1C. The van der Waals surface area contributed by atoms with E-state index in [-0.39, 0.29) is 12.1 Å². The van der Waals surface area contributed by atoms with Gasteiger partial charge >= 0.3 is 5.69 Å². The lowest BCUT2D eigenvalue weighted by atomic mass is 10.2. The van der Waals surface area contributed by atoms with Gasteiger partial charge in [-0.25, -0.2) is 4.79 Å². The van der Waals surface area contributed by atoms with Gasteiger partial charge in [-0.2, -0.15) is 4.98 Å². The number of H-pyrrole nitrogens is 1. The van der Waals surface area contributed by atoms with Gasteiger partial charge < -0.3 is 14.9 Å². The van der Waals surface area contributed by atoms with Crippen molar-refractivity contribution in [2.75, 3.05) is 12.4 Å². The van der Waals surface area contributed by atoms with Gasteiger partial charge in [0.15, 0.2) is 11.2 Å². The van der Waals surface area contributed by atoms with Crippen LogP contribution in [-0.2, 0) is 20.6 Å². The molecule has 3 heterocycles. The van der Waals surface area contributed by atoms with Crippen LogP contribution in [0.4, 0.5) is 5.95 Å². The third-order valence-electron chi connectivity index (χ3n) is 4.58. The minimum absolute atomic E-state index is 0.118. The highest BCUT2D eigenvalue weighted by Gasteiger charge is 2.18. The second-order valence-electron chi connectivity index (χ2n) is 6.15. The number of hydrogen-bond donors (Lipinski definition) is 2. The molecule has 0 aliphatic rings. The summed E-state index contributed by atoms with van der Waals surface area (Å²) >= 11 is 6.21. The van der Waals surface area contributed by atoms with Gasteiger partial charge in [0.25, 0.3) is 5.56 Å². The molecule has 0 aliphatic heterocycles. The highest BCUT2D eigenvalue weighted by Crippen LogP contribution is 2.24. The highest BCUT2D eigenvalue weighted by molar-refractivity contribution is 6.35. The lowest BCUT2D eigenvalue weighted by Gasteiger charge is -2.07. The molecule has 2 N–H and O–H groups in total. The summed E-state index contributed by atoms with van der Waals surface area (Å²) in [6, 6.07) is 7.40. The maximum Gasteiger partial charge on any atom is 0.332 e.